The molecule has 20 heavy (non-hydrogen) atoms. The molecule has 1 aliphatic rings. The highest BCUT2D eigenvalue weighted by molar-refractivity contribution is 6.34. The predicted octanol–water partition coefficient (Wildman–Crippen LogP) is 2.42. The second-order valence-electron chi connectivity index (χ2n) is 4.88. The number of rotatable bonds is 4. The number of carbonyl (C=O) groups excluding carboxylic acids is 1. The number of hydrogen-bond donors (Lipinski definition) is 2. The fourth-order valence-electron chi connectivity index (χ4n) is 1.89. The van der Waals surface area contributed by atoms with Crippen molar-refractivity contribution in [2.75, 3.05) is 18.5 Å². The van der Waals surface area contributed by atoms with Gasteiger partial charge in [0.1, 0.15) is 13.2 Å². The van der Waals surface area contributed by atoms with E-state index in [1.165, 1.54) is 0 Å². The first-order chi connectivity index (χ1) is 9.52. The molecule has 2 unspecified atom stereocenters. The summed E-state index contributed by atoms with van der Waals surface area (Å²) in [5.74, 6) is 1.02. The molecule has 0 aromatic heterocycles. The van der Waals surface area contributed by atoms with Gasteiger partial charge < -0.3 is 20.5 Å². The van der Waals surface area contributed by atoms with Crippen LogP contribution in [0, 0.1) is 5.92 Å². The fourth-order valence-corrected chi connectivity index (χ4v) is 2.09. The lowest BCUT2D eigenvalue weighted by atomic mass is 9.99. The Hall–Kier alpha value is -1.46. The molecule has 5 nitrogen and oxygen atoms in total. The molecule has 110 valence electrons. The number of amides is 1. The van der Waals surface area contributed by atoms with Gasteiger partial charge in [-0.25, -0.2) is 0 Å². The molecule has 1 aromatic carbocycles. The Bertz CT molecular complexity index is 507. The maximum atomic E-state index is 12.1. The van der Waals surface area contributed by atoms with Crippen LogP contribution in [0.2, 0.25) is 5.02 Å². The highest BCUT2D eigenvalue weighted by Crippen LogP contribution is 2.38. The van der Waals surface area contributed by atoms with Crippen LogP contribution in [0.25, 0.3) is 0 Å². The first kappa shape index (κ1) is 14.9. The fraction of sp³-hybridized carbons (Fsp3) is 0.500. The van der Waals surface area contributed by atoms with Gasteiger partial charge in [-0.1, -0.05) is 31.9 Å². The molecule has 6 heteroatoms. The van der Waals surface area contributed by atoms with E-state index in [1.807, 2.05) is 13.8 Å². The van der Waals surface area contributed by atoms with E-state index in [4.69, 9.17) is 26.8 Å². The largest absolute Gasteiger partial charge is 0.486 e. The minimum absolute atomic E-state index is 0.103. The normalized spacial score (nSPS) is 16.4. The number of carbonyl (C=O) groups is 1. The predicted molar refractivity (Wildman–Crippen MR) is 78.5 cm³/mol. The van der Waals surface area contributed by atoms with Gasteiger partial charge in [-0.3, -0.25) is 4.79 Å². The van der Waals surface area contributed by atoms with E-state index in [0.717, 1.165) is 6.42 Å². The van der Waals surface area contributed by atoms with Crippen molar-refractivity contribution in [1.29, 1.82) is 0 Å². The van der Waals surface area contributed by atoms with Crippen molar-refractivity contribution >= 4 is 23.2 Å². The number of benzene rings is 1. The number of anilines is 1. The van der Waals surface area contributed by atoms with E-state index in [9.17, 15) is 4.79 Å². The maximum absolute atomic E-state index is 12.1. The Labute approximate surface area is 123 Å². The van der Waals surface area contributed by atoms with Gasteiger partial charge in [0.2, 0.25) is 5.91 Å². The van der Waals surface area contributed by atoms with E-state index in [-0.39, 0.29) is 11.8 Å². The van der Waals surface area contributed by atoms with Crippen LogP contribution >= 0.6 is 11.6 Å². The van der Waals surface area contributed by atoms with Gasteiger partial charge in [-0.05, 0) is 5.92 Å². The van der Waals surface area contributed by atoms with Crippen LogP contribution in [-0.2, 0) is 4.79 Å². The Balaban J connectivity index is 2.15. The van der Waals surface area contributed by atoms with Gasteiger partial charge in [0.15, 0.2) is 11.5 Å². The van der Waals surface area contributed by atoms with Gasteiger partial charge in [0.05, 0.1) is 16.8 Å². The van der Waals surface area contributed by atoms with E-state index >= 15 is 0 Å². The summed E-state index contributed by atoms with van der Waals surface area (Å²) in [6, 6.07) is 2.74. The van der Waals surface area contributed by atoms with Crippen LogP contribution in [0.3, 0.4) is 0 Å². The first-order valence-electron chi connectivity index (χ1n) is 6.68. The lowest BCUT2D eigenvalue weighted by molar-refractivity contribution is -0.118. The van der Waals surface area contributed by atoms with Crippen LogP contribution in [-0.4, -0.2) is 25.2 Å². The van der Waals surface area contributed by atoms with Crippen molar-refractivity contribution in [3.05, 3.63) is 17.2 Å². The van der Waals surface area contributed by atoms with E-state index in [1.54, 1.807) is 12.1 Å². The van der Waals surface area contributed by atoms with E-state index in [2.05, 4.69) is 5.32 Å². The Morgan fingerprint density at radius 1 is 1.40 bits per heavy atom. The van der Waals surface area contributed by atoms with Crippen molar-refractivity contribution in [2.45, 2.75) is 26.3 Å². The summed E-state index contributed by atoms with van der Waals surface area (Å²) in [5, 5.41) is 3.15. The van der Waals surface area contributed by atoms with Crippen LogP contribution in [0.15, 0.2) is 12.1 Å². The zero-order valence-electron chi connectivity index (χ0n) is 11.6. The molecule has 3 N–H and O–H groups in total. The summed E-state index contributed by atoms with van der Waals surface area (Å²) in [7, 11) is 0. The van der Waals surface area contributed by atoms with E-state index < -0.39 is 6.04 Å². The molecule has 0 saturated carbocycles. The number of ether oxygens (including phenoxy) is 2. The second kappa shape index (κ2) is 6.33. The third kappa shape index (κ3) is 3.16. The van der Waals surface area contributed by atoms with Crippen LogP contribution < -0.4 is 20.5 Å². The van der Waals surface area contributed by atoms with Crippen molar-refractivity contribution in [2.24, 2.45) is 11.7 Å². The van der Waals surface area contributed by atoms with Crippen LogP contribution in [0.1, 0.15) is 20.3 Å². The molecule has 1 heterocycles. The number of nitrogens with two attached hydrogens (primary N) is 1. The number of halogens is 1. The zero-order valence-corrected chi connectivity index (χ0v) is 12.4. The summed E-state index contributed by atoms with van der Waals surface area (Å²) in [5.41, 5.74) is 6.38. The van der Waals surface area contributed by atoms with Gasteiger partial charge in [-0.2, -0.15) is 0 Å². The second-order valence-corrected chi connectivity index (χ2v) is 5.28. The smallest absolute Gasteiger partial charge is 0.241 e. The number of hydrogen-bond acceptors (Lipinski definition) is 4. The molecule has 0 saturated heterocycles. The standard InChI is InChI=1S/C14H19ClN2O3/c1-3-8(2)13(16)14(18)17-10-7-12-11(6-9(10)15)19-4-5-20-12/h6-8,13H,3-5,16H2,1-2H3,(H,17,18). The Morgan fingerprint density at radius 3 is 2.60 bits per heavy atom. The molecular formula is C14H19ClN2O3. The van der Waals surface area contributed by atoms with Gasteiger partial charge in [0, 0.05) is 12.1 Å². The lowest BCUT2D eigenvalue weighted by Gasteiger charge is -2.21. The Kier molecular flexibility index (Phi) is 4.73. The summed E-state index contributed by atoms with van der Waals surface area (Å²) < 4.78 is 10.9. The molecule has 0 aliphatic carbocycles. The summed E-state index contributed by atoms with van der Waals surface area (Å²) >= 11 is 6.13. The van der Waals surface area contributed by atoms with Crippen molar-refractivity contribution < 1.29 is 14.3 Å². The number of fused-ring (bicyclic) bond motifs is 1. The Morgan fingerprint density at radius 2 is 2.00 bits per heavy atom. The first-order valence-corrected chi connectivity index (χ1v) is 7.06. The highest BCUT2D eigenvalue weighted by Gasteiger charge is 2.22. The zero-order chi connectivity index (χ0) is 14.7. The summed E-state index contributed by atoms with van der Waals surface area (Å²) in [6.45, 7) is 4.91. The van der Waals surface area contributed by atoms with Gasteiger partial charge >= 0.3 is 0 Å². The van der Waals surface area contributed by atoms with E-state index in [0.29, 0.717) is 35.4 Å². The maximum Gasteiger partial charge on any atom is 0.241 e. The third-order valence-electron chi connectivity index (χ3n) is 3.45. The highest BCUT2D eigenvalue weighted by atomic mass is 35.5. The van der Waals surface area contributed by atoms with Crippen LogP contribution in [0.5, 0.6) is 11.5 Å². The number of nitrogens with one attached hydrogen (secondary N) is 1. The molecule has 1 amide bonds. The van der Waals surface area contributed by atoms with Crippen molar-refractivity contribution in [3.63, 3.8) is 0 Å². The minimum atomic E-state index is -0.565. The average Bonchev–Trinajstić information content (AvgIpc) is 2.46. The van der Waals surface area contributed by atoms with Gasteiger partial charge in [0.25, 0.3) is 0 Å². The molecular weight excluding hydrogens is 280 g/mol. The summed E-state index contributed by atoms with van der Waals surface area (Å²) in [4.78, 5) is 12.1. The molecule has 2 rings (SSSR count). The monoisotopic (exact) mass is 298 g/mol. The third-order valence-corrected chi connectivity index (χ3v) is 3.76. The molecule has 0 bridgehead atoms. The topological polar surface area (TPSA) is 73.6 Å². The molecule has 2 atom stereocenters. The quantitative estimate of drug-likeness (QED) is 0.895. The van der Waals surface area contributed by atoms with Crippen LogP contribution in [0.4, 0.5) is 5.69 Å². The molecule has 0 spiro atoms. The van der Waals surface area contributed by atoms with Gasteiger partial charge in [-0.15, -0.1) is 0 Å². The summed E-state index contributed by atoms with van der Waals surface area (Å²) in [6.07, 6.45) is 0.837. The molecule has 0 fully saturated rings. The molecule has 1 aromatic rings. The minimum Gasteiger partial charge on any atom is -0.486 e. The SMILES string of the molecule is CCC(C)C(N)C(=O)Nc1cc2c(cc1Cl)OCCO2. The van der Waals surface area contributed by atoms with Crippen molar-refractivity contribution in [3.8, 4) is 11.5 Å². The molecule has 0 radical (unpaired) electrons. The average molecular weight is 299 g/mol. The lowest BCUT2D eigenvalue weighted by Crippen LogP contribution is -2.40. The van der Waals surface area contributed by atoms with Crippen molar-refractivity contribution in [1.82, 2.24) is 0 Å². The molecule has 1 aliphatic heterocycles.